The second kappa shape index (κ2) is 9.75. The number of rotatable bonds is 7. The third kappa shape index (κ3) is 4.12. The van der Waals surface area contributed by atoms with Gasteiger partial charge >= 0.3 is 5.97 Å². The van der Waals surface area contributed by atoms with Crippen molar-refractivity contribution in [2.24, 2.45) is 23.7 Å². The minimum atomic E-state index is -0.758. The fourth-order valence-corrected chi connectivity index (χ4v) is 6.52. The van der Waals surface area contributed by atoms with Crippen molar-refractivity contribution in [3.63, 3.8) is 0 Å². The first-order chi connectivity index (χ1) is 17.3. The van der Waals surface area contributed by atoms with E-state index in [1.807, 2.05) is 6.92 Å². The van der Waals surface area contributed by atoms with Gasteiger partial charge in [0, 0.05) is 0 Å². The zero-order chi connectivity index (χ0) is 25.6. The number of nitrogens with zero attached hydrogens (tertiary/aromatic N) is 1. The summed E-state index contributed by atoms with van der Waals surface area (Å²) in [4.78, 5) is 52.5. The highest BCUT2D eigenvalue weighted by molar-refractivity contribution is 6.32. The van der Waals surface area contributed by atoms with Crippen molar-refractivity contribution in [2.45, 2.75) is 24.1 Å². The van der Waals surface area contributed by atoms with E-state index in [2.05, 4.69) is 5.32 Å². The minimum absolute atomic E-state index is 0.112. The maximum atomic E-state index is 13.2. The van der Waals surface area contributed by atoms with Crippen LogP contribution in [0.15, 0.2) is 48.5 Å². The molecule has 188 valence electrons. The molecule has 2 aromatic carbocycles. The number of anilines is 2. The number of ether oxygens (including phenoxy) is 2. The van der Waals surface area contributed by atoms with Gasteiger partial charge in [-0.05, 0) is 55.5 Å². The highest BCUT2D eigenvalue weighted by Gasteiger charge is 2.66. The molecule has 3 aliphatic rings. The molecule has 10 heteroatoms. The van der Waals surface area contributed by atoms with Crippen LogP contribution >= 0.6 is 23.2 Å². The number of para-hydroxylation sites is 2. The van der Waals surface area contributed by atoms with Crippen LogP contribution in [0.4, 0.5) is 11.4 Å². The molecule has 0 aromatic heterocycles. The molecule has 0 spiro atoms. The normalized spacial score (nSPS) is 28.2. The molecule has 1 saturated heterocycles. The second-order valence-electron chi connectivity index (χ2n) is 9.12. The number of hydrogen-bond donors (Lipinski definition) is 1. The maximum Gasteiger partial charge on any atom is 0.338 e. The van der Waals surface area contributed by atoms with Crippen molar-refractivity contribution in [2.75, 3.05) is 23.4 Å². The zero-order valence-electron chi connectivity index (χ0n) is 19.4. The van der Waals surface area contributed by atoms with Gasteiger partial charge in [0.25, 0.3) is 5.91 Å². The molecule has 8 nitrogen and oxygen atoms in total. The van der Waals surface area contributed by atoms with Gasteiger partial charge in [0.15, 0.2) is 6.61 Å². The average Bonchev–Trinajstić information content (AvgIpc) is 3.48. The number of esters is 1. The van der Waals surface area contributed by atoms with Crippen molar-refractivity contribution in [3.05, 3.63) is 54.1 Å². The fourth-order valence-electron chi connectivity index (χ4n) is 5.63. The van der Waals surface area contributed by atoms with E-state index < -0.39 is 30.3 Å². The standard InChI is InChI=1S/C26H24Cl2N2O6/c1-2-35-18-9-4-3-8-17(18)29-19(31)12-36-26(34)13-6-5-7-14(10-13)30-24(32)20-15-11-16(21(20)25(30)33)23(28)22(15)27/h3-10,15-16,20-23H,2,11-12H2,1H3,(H,29,31)/t15-,16-,20-,21+,22-,23+/m1/s1. The Morgan fingerprint density at radius 1 is 1.00 bits per heavy atom. The van der Waals surface area contributed by atoms with Crippen LogP contribution in [0.3, 0.4) is 0 Å². The lowest BCUT2D eigenvalue weighted by Gasteiger charge is -2.28. The first-order valence-electron chi connectivity index (χ1n) is 11.8. The lowest BCUT2D eigenvalue weighted by atomic mass is 9.80. The summed E-state index contributed by atoms with van der Waals surface area (Å²) in [6.07, 6.45) is 0.673. The second-order valence-corrected chi connectivity index (χ2v) is 10.1. The van der Waals surface area contributed by atoms with Gasteiger partial charge in [-0.1, -0.05) is 18.2 Å². The maximum absolute atomic E-state index is 13.2. The Kier molecular flexibility index (Phi) is 6.66. The molecule has 2 aliphatic carbocycles. The van der Waals surface area contributed by atoms with Gasteiger partial charge in [0.2, 0.25) is 11.8 Å². The Morgan fingerprint density at radius 3 is 2.33 bits per heavy atom. The highest BCUT2D eigenvalue weighted by Crippen LogP contribution is 2.59. The van der Waals surface area contributed by atoms with Gasteiger partial charge in [-0.15, -0.1) is 23.2 Å². The van der Waals surface area contributed by atoms with Crippen LogP contribution in [0, 0.1) is 23.7 Å². The Hall–Kier alpha value is -3.10. The van der Waals surface area contributed by atoms with E-state index in [9.17, 15) is 19.2 Å². The van der Waals surface area contributed by atoms with Gasteiger partial charge in [-0.3, -0.25) is 19.3 Å². The Labute approximate surface area is 217 Å². The predicted molar refractivity (Wildman–Crippen MR) is 133 cm³/mol. The monoisotopic (exact) mass is 530 g/mol. The first kappa shape index (κ1) is 24.6. The number of nitrogens with one attached hydrogen (secondary N) is 1. The summed E-state index contributed by atoms with van der Waals surface area (Å²) in [7, 11) is 0. The number of carbonyl (C=O) groups excluding carboxylic acids is 4. The predicted octanol–water partition coefficient (Wildman–Crippen LogP) is 3.85. The van der Waals surface area contributed by atoms with Crippen LogP contribution in [0.25, 0.3) is 0 Å². The summed E-state index contributed by atoms with van der Waals surface area (Å²) in [5.41, 5.74) is 0.855. The molecular weight excluding hydrogens is 507 g/mol. The van der Waals surface area contributed by atoms with Crippen LogP contribution in [-0.4, -0.2) is 47.7 Å². The number of halogens is 2. The topological polar surface area (TPSA) is 102 Å². The van der Waals surface area contributed by atoms with E-state index in [4.69, 9.17) is 32.7 Å². The Morgan fingerprint density at radius 2 is 1.67 bits per heavy atom. The largest absolute Gasteiger partial charge is 0.492 e. The van der Waals surface area contributed by atoms with Gasteiger partial charge < -0.3 is 14.8 Å². The number of amides is 3. The number of hydrogen-bond acceptors (Lipinski definition) is 6. The van der Waals surface area contributed by atoms with Crippen LogP contribution in [0.1, 0.15) is 23.7 Å². The molecule has 6 atom stereocenters. The third-order valence-corrected chi connectivity index (χ3v) is 8.44. The fraction of sp³-hybridized carbons (Fsp3) is 0.385. The van der Waals surface area contributed by atoms with Gasteiger partial charge in [-0.2, -0.15) is 0 Å². The molecule has 1 N–H and O–H groups in total. The quantitative estimate of drug-likeness (QED) is 0.331. The van der Waals surface area contributed by atoms with Crippen LogP contribution in [0.2, 0.25) is 0 Å². The Balaban J connectivity index is 1.25. The van der Waals surface area contributed by atoms with E-state index in [0.717, 1.165) is 4.90 Å². The van der Waals surface area contributed by atoms with Crippen molar-refractivity contribution in [3.8, 4) is 5.75 Å². The molecule has 5 rings (SSSR count). The van der Waals surface area contributed by atoms with E-state index in [0.29, 0.717) is 24.5 Å². The van der Waals surface area contributed by atoms with Crippen molar-refractivity contribution >= 4 is 58.3 Å². The van der Waals surface area contributed by atoms with Crippen LogP contribution in [-0.2, 0) is 19.1 Å². The molecule has 3 fully saturated rings. The van der Waals surface area contributed by atoms with Gasteiger partial charge in [0.05, 0.1) is 46.1 Å². The lowest BCUT2D eigenvalue weighted by Crippen LogP contribution is -2.37. The molecule has 0 unspecified atom stereocenters. The number of fused-ring (bicyclic) bond motifs is 5. The molecule has 3 amide bonds. The van der Waals surface area contributed by atoms with Crippen molar-refractivity contribution in [1.82, 2.24) is 0 Å². The SMILES string of the molecule is CCOc1ccccc1NC(=O)COC(=O)c1cccc(N2C(=O)[C@@H]3[C@H]4C[C@@H]([C@H](Cl)[C@@H]4Cl)[C@@H]3C2=O)c1. The summed E-state index contributed by atoms with van der Waals surface area (Å²) in [5, 5.41) is 1.96. The molecular formula is C26H24Cl2N2O6. The smallest absolute Gasteiger partial charge is 0.338 e. The van der Waals surface area contributed by atoms with E-state index in [1.54, 1.807) is 36.4 Å². The molecule has 2 aromatic rings. The number of benzene rings is 2. The third-order valence-electron chi connectivity index (χ3n) is 7.12. The van der Waals surface area contributed by atoms with Crippen molar-refractivity contribution in [1.29, 1.82) is 0 Å². The summed E-state index contributed by atoms with van der Waals surface area (Å²) in [6, 6.07) is 13.0. The molecule has 0 radical (unpaired) electrons. The number of imide groups is 1. The average molecular weight is 531 g/mol. The molecule has 1 heterocycles. The molecule has 2 saturated carbocycles. The summed E-state index contributed by atoms with van der Waals surface area (Å²) < 4.78 is 10.6. The van der Waals surface area contributed by atoms with Crippen molar-refractivity contribution < 1.29 is 28.7 Å². The van der Waals surface area contributed by atoms with Gasteiger partial charge in [-0.25, -0.2) is 4.79 Å². The Bertz CT molecular complexity index is 1200. The van der Waals surface area contributed by atoms with E-state index in [1.165, 1.54) is 12.1 Å². The zero-order valence-corrected chi connectivity index (χ0v) is 20.9. The number of carbonyl (C=O) groups is 4. The highest BCUT2D eigenvalue weighted by atomic mass is 35.5. The molecule has 2 bridgehead atoms. The summed E-state index contributed by atoms with van der Waals surface area (Å²) >= 11 is 12.8. The lowest BCUT2D eigenvalue weighted by molar-refractivity contribution is -0.123. The first-order valence-corrected chi connectivity index (χ1v) is 12.6. The van der Waals surface area contributed by atoms with E-state index in [-0.39, 0.29) is 45.7 Å². The number of alkyl halides is 2. The molecule has 1 aliphatic heterocycles. The summed E-state index contributed by atoms with van der Waals surface area (Å²) in [5.74, 6) is -2.66. The molecule has 36 heavy (non-hydrogen) atoms. The van der Waals surface area contributed by atoms with Crippen LogP contribution < -0.4 is 15.0 Å². The summed E-state index contributed by atoms with van der Waals surface area (Å²) in [6.45, 7) is 1.74. The minimum Gasteiger partial charge on any atom is -0.492 e. The van der Waals surface area contributed by atoms with Crippen LogP contribution in [0.5, 0.6) is 5.75 Å². The van der Waals surface area contributed by atoms with Gasteiger partial charge in [0.1, 0.15) is 5.75 Å². The van der Waals surface area contributed by atoms with E-state index >= 15 is 0 Å².